The summed E-state index contributed by atoms with van der Waals surface area (Å²) in [5, 5.41) is 10.7. The number of aromatic nitrogens is 2. The van der Waals surface area contributed by atoms with E-state index in [4.69, 9.17) is 9.97 Å². The van der Waals surface area contributed by atoms with Gasteiger partial charge in [0.1, 0.15) is 5.76 Å². The molecule has 1 heterocycles. The molecule has 0 bridgehead atoms. The van der Waals surface area contributed by atoms with E-state index in [9.17, 15) is 9.90 Å². The summed E-state index contributed by atoms with van der Waals surface area (Å²) in [6.07, 6.45) is 1.33. The molecular formula is C31H41IrN2O2-. The summed E-state index contributed by atoms with van der Waals surface area (Å²) < 4.78 is 0. The number of hydrogen-bond acceptors (Lipinski definition) is 4. The summed E-state index contributed by atoms with van der Waals surface area (Å²) >= 11 is 0. The van der Waals surface area contributed by atoms with E-state index in [1.165, 1.54) is 11.6 Å². The van der Waals surface area contributed by atoms with Crippen LogP contribution in [0.1, 0.15) is 79.1 Å². The van der Waals surface area contributed by atoms with Gasteiger partial charge in [-0.1, -0.05) is 87.4 Å². The third-order valence-corrected chi connectivity index (χ3v) is 5.68. The zero-order chi connectivity index (χ0) is 26.8. The molecule has 1 radical (unpaired) electrons. The molecule has 5 heteroatoms. The average molecular weight is 666 g/mol. The van der Waals surface area contributed by atoms with Crippen molar-refractivity contribution in [3.63, 3.8) is 0 Å². The molecule has 4 nitrogen and oxygen atoms in total. The summed E-state index contributed by atoms with van der Waals surface area (Å²) in [7, 11) is 0. The molecule has 197 valence electrons. The first-order valence-electron chi connectivity index (χ1n) is 12.1. The maximum absolute atomic E-state index is 11.5. The number of nitrogens with zero attached hydrogens (tertiary/aromatic N) is 2. The second-order valence-corrected chi connectivity index (χ2v) is 12.3. The van der Waals surface area contributed by atoms with Crippen molar-refractivity contribution in [1.29, 1.82) is 0 Å². The van der Waals surface area contributed by atoms with Crippen LogP contribution in [0.25, 0.3) is 22.3 Å². The van der Waals surface area contributed by atoms with Crippen LogP contribution in [0.2, 0.25) is 0 Å². The molecule has 0 spiro atoms. The topological polar surface area (TPSA) is 63.1 Å². The summed E-state index contributed by atoms with van der Waals surface area (Å²) in [5.41, 5.74) is 4.70. The van der Waals surface area contributed by atoms with Gasteiger partial charge in [0.05, 0.1) is 11.3 Å². The maximum Gasteiger partial charge on any atom is 0.164 e. The van der Waals surface area contributed by atoms with E-state index in [0.717, 1.165) is 33.5 Å². The molecule has 3 aromatic rings. The second-order valence-electron chi connectivity index (χ2n) is 12.3. The van der Waals surface area contributed by atoms with Gasteiger partial charge in [-0.15, -0.1) is 34.9 Å². The van der Waals surface area contributed by atoms with Crippen molar-refractivity contribution in [3.8, 4) is 11.4 Å². The van der Waals surface area contributed by atoms with E-state index in [0.29, 0.717) is 0 Å². The van der Waals surface area contributed by atoms with Gasteiger partial charge in [0.2, 0.25) is 0 Å². The molecule has 1 aromatic heterocycles. The molecule has 0 saturated carbocycles. The van der Waals surface area contributed by atoms with Gasteiger partial charge in [-0.3, -0.25) is 14.8 Å². The Hall–Kier alpha value is -2.36. The number of ketones is 1. The monoisotopic (exact) mass is 666 g/mol. The Labute approximate surface area is 231 Å². The minimum Gasteiger partial charge on any atom is -0.512 e. The molecule has 0 aliphatic heterocycles. The smallest absolute Gasteiger partial charge is 0.164 e. The number of para-hydroxylation sites is 1. The molecule has 0 amide bonds. The molecule has 0 atom stereocenters. The van der Waals surface area contributed by atoms with Crippen molar-refractivity contribution < 1.29 is 30.0 Å². The van der Waals surface area contributed by atoms with Crippen molar-refractivity contribution in [2.24, 2.45) is 10.8 Å². The first kappa shape index (κ1) is 31.7. The van der Waals surface area contributed by atoms with E-state index >= 15 is 0 Å². The van der Waals surface area contributed by atoms with Crippen LogP contribution < -0.4 is 0 Å². The number of carbonyl (C=O) groups excluding carboxylic acids is 1. The molecular weight excluding hydrogens is 625 g/mol. The van der Waals surface area contributed by atoms with Gasteiger partial charge in [-0.25, -0.2) is 0 Å². The van der Waals surface area contributed by atoms with Crippen molar-refractivity contribution in [2.75, 3.05) is 0 Å². The Kier molecular flexibility index (Phi) is 10.4. The molecule has 1 N–H and O–H groups in total. The van der Waals surface area contributed by atoms with Gasteiger partial charge < -0.3 is 5.11 Å². The van der Waals surface area contributed by atoms with Crippen LogP contribution in [0.4, 0.5) is 0 Å². The molecule has 3 rings (SSSR count). The van der Waals surface area contributed by atoms with Gasteiger partial charge in [0.15, 0.2) is 5.78 Å². The van der Waals surface area contributed by atoms with Gasteiger partial charge in [0.25, 0.3) is 0 Å². The number of hydrogen-bond donors (Lipinski definition) is 1. The average Bonchev–Trinajstić information content (AvgIpc) is 2.71. The molecule has 0 saturated heterocycles. The van der Waals surface area contributed by atoms with E-state index in [-0.39, 0.29) is 42.5 Å². The second kappa shape index (κ2) is 11.8. The number of aryl methyl sites for hydroxylation is 2. The Morgan fingerprint density at radius 3 is 2.00 bits per heavy atom. The molecule has 36 heavy (non-hydrogen) atoms. The van der Waals surface area contributed by atoms with Crippen LogP contribution in [-0.4, -0.2) is 20.9 Å². The van der Waals surface area contributed by atoms with Gasteiger partial charge in [-0.2, -0.15) is 0 Å². The first-order valence-corrected chi connectivity index (χ1v) is 12.1. The van der Waals surface area contributed by atoms with Gasteiger partial charge in [0, 0.05) is 48.1 Å². The maximum atomic E-state index is 11.5. The van der Waals surface area contributed by atoms with Crippen molar-refractivity contribution in [3.05, 3.63) is 71.1 Å². The van der Waals surface area contributed by atoms with Crippen LogP contribution in [0.3, 0.4) is 0 Å². The van der Waals surface area contributed by atoms with Crippen LogP contribution in [-0.2, 0) is 30.3 Å². The fraction of sp³-hybridized carbons (Fsp3) is 0.452. The number of carbonyl (C=O) groups is 1. The van der Waals surface area contributed by atoms with E-state index in [1.54, 1.807) is 0 Å². The zero-order valence-corrected chi connectivity index (χ0v) is 26.0. The van der Waals surface area contributed by atoms with Crippen molar-refractivity contribution in [2.45, 2.75) is 81.6 Å². The summed E-state index contributed by atoms with van der Waals surface area (Å²) in [5.74, 6) is 0.859. The van der Waals surface area contributed by atoms with Gasteiger partial charge >= 0.3 is 0 Å². The Morgan fingerprint density at radius 1 is 0.889 bits per heavy atom. The third-order valence-electron chi connectivity index (χ3n) is 5.68. The molecule has 0 aliphatic rings. The largest absolute Gasteiger partial charge is 0.512 e. The summed E-state index contributed by atoms with van der Waals surface area (Å²) in [6, 6.07) is 15.9. The quantitative estimate of drug-likeness (QED) is 0.171. The van der Waals surface area contributed by atoms with Crippen LogP contribution in [0.5, 0.6) is 0 Å². The summed E-state index contributed by atoms with van der Waals surface area (Å²) in [6.45, 7) is 21.9. The standard InChI is InChI=1S/C20H21N2.C11H20O2.Ir/c1-13-10-15(12-16(11-13)20(3,4)5)19-21-14(2)17-8-6-7-9-18(17)22-19;1-10(2,3)8(12)7-9(13)11(4,5)6;/h6-9,11-12H,1-5H3;7,12H,1-6H3;/q-1;;/b;8-7-;. The van der Waals surface area contributed by atoms with E-state index in [1.807, 2.05) is 66.7 Å². The Balaban J connectivity index is 0.000000402. The Morgan fingerprint density at radius 2 is 1.47 bits per heavy atom. The number of aliphatic hydroxyl groups is 1. The SMILES string of the molecule is CC(C)(C)C(=O)/C=C(\O)C(C)(C)C.Cc1[c-]c(-c2nc(C)c3ccccc3n2)cc(C(C)(C)C)c1.[Ir]. The van der Waals surface area contributed by atoms with E-state index < -0.39 is 5.41 Å². The van der Waals surface area contributed by atoms with Crippen LogP contribution in [0, 0.1) is 30.7 Å². The number of benzene rings is 2. The zero-order valence-electron chi connectivity index (χ0n) is 23.6. The van der Waals surface area contributed by atoms with Crippen molar-refractivity contribution >= 4 is 16.7 Å². The number of aliphatic hydroxyl groups excluding tert-OH is 1. The van der Waals surface area contributed by atoms with Crippen LogP contribution in [0.15, 0.2) is 48.2 Å². The first-order chi connectivity index (χ1) is 15.9. The number of allylic oxidation sites excluding steroid dienone is 2. The normalized spacial score (nSPS) is 12.5. The number of rotatable bonds is 2. The fourth-order valence-electron chi connectivity index (χ4n) is 3.18. The molecule has 2 aromatic carbocycles. The van der Waals surface area contributed by atoms with E-state index in [2.05, 4.69) is 52.0 Å². The van der Waals surface area contributed by atoms with Crippen molar-refractivity contribution in [1.82, 2.24) is 9.97 Å². The summed E-state index contributed by atoms with van der Waals surface area (Å²) in [4.78, 5) is 20.9. The Bertz CT molecular complexity index is 1240. The molecule has 0 unspecified atom stereocenters. The molecule has 0 fully saturated rings. The third kappa shape index (κ3) is 8.64. The predicted octanol–water partition coefficient (Wildman–Crippen LogP) is 8.10. The minimum absolute atomic E-state index is 0. The molecule has 0 aliphatic carbocycles. The van der Waals surface area contributed by atoms with Crippen LogP contribution >= 0.6 is 0 Å². The fourth-order valence-corrected chi connectivity index (χ4v) is 3.18. The number of fused-ring (bicyclic) bond motifs is 1. The van der Waals surface area contributed by atoms with Gasteiger partial charge in [-0.05, 0) is 18.4 Å². The predicted molar refractivity (Wildman–Crippen MR) is 147 cm³/mol. The minimum atomic E-state index is -0.417.